The van der Waals surface area contributed by atoms with Crippen molar-refractivity contribution < 1.29 is 53.5 Å². The number of hydrogen-bond acceptors (Lipinski definition) is 4. The molecule has 0 saturated carbocycles. The second kappa shape index (κ2) is 18.7. The molecule has 5 nitrogen and oxygen atoms in total. The van der Waals surface area contributed by atoms with Gasteiger partial charge in [0.2, 0.25) is 0 Å². The molecule has 1 unspecified atom stereocenters. The van der Waals surface area contributed by atoms with Crippen LogP contribution in [-0.2, 0) is 19.6 Å². The van der Waals surface area contributed by atoms with E-state index in [0.717, 1.165) is 26.4 Å². The van der Waals surface area contributed by atoms with Crippen LogP contribution in [0, 0.1) is 0 Å². The Morgan fingerprint density at radius 1 is 0.846 bits per heavy atom. The molecule has 0 bridgehead atoms. The fourth-order valence-electron chi connectivity index (χ4n) is 3.04. The summed E-state index contributed by atoms with van der Waals surface area (Å²) in [6, 6.07) is 0. The summed E-state index contributed by atoms with van der Waals surface area (Å²) >= 11 is 0. The molecule has 0 aromatic carbocycles. The molecule has 7 heteroatoms. The van der Waals surface area contributed by atoms with E-state index in [-0.39, 0.29) is 37.4 Å². The van der Waals surface area contributed by atoms with Crippen LogP contribution >= 0.6 is 0 Å². The molecule has 0 amide bonds. The zero-order chi connectivity index (χ0) is 19.0. The average molecular weight is 403 g/mol. The van der Waals surface area contributed by atoms with Crippen molar-refractivity contribution in [1.29, 1.82) is 0 Å². The first-order valence-corrected chi connectivity index (χ1v) is 11.5. The molecule has 0 aromatic heterocycles. The van der Waals surface area contributed by atoms with Gasteiger partial charge in [-0.25, -0.2) is 0 Å². The minimum atomic E-state index is -4.37. The third kappa shape index (κ3) is 16.5. The SMILES string of the molecule is CCCCCCCCCCCCCCCCC(C(=O)OC)S(=O)(=O)O.[H-].[Na+]. The number of unbranched alkanes of at least 4 members (excludes halogenated alkanes) is 13. The van der Waals surface area contributed by atoms with E-state index in [2.05, 4.69) is 11.7 Å². The molecule has 0 rings (SSSR count). The first-order valence-electron chi connectivity index (χ1n) is 9.97. The van der Waals surface area contributed by atoms with E-state index in [1.165, 1.54) is 64.2 Å². The van der Waals surface area contributed by atoms with E-state index in [9.17, 15) is 13.2 Å². The molecular weight excluding hydrogens is 363 g/mol. The Kier molecular flexibility index (Phi) is 20.6. The first kappa shape index (κ1) is 28.6. The van der Waals surface area contributed by atoms with Crippen molar-refractivity contribution in [2.24, 2.45) is 0 Å². The summed E-state index contributed by atoms with van der Waals surface area (Å²) in [5, 5.41) is -1.44. The molecule has 152 valence electrons. The van der Waals surface area contributed by atoms with E-state index >= 15 is 0 Å². The van der Waals surface area contributed by atoms with Gasteiger partial charge in [0.1, 0.15) is 0 Å². The van der Waals surface area contributed by atoms with Gasteiger partial charge in [-0.05, 0) is 6.42 Å². The van der Waals surface area contributed by atoms with Gasteiger partial charge >= 0.3 is 35.5 Å². The van der Waals surface area contributed by atoms with Gasteiger partial charge in [0.25, 0.3) is 10.1 Å². The minimum Gasteiger partial charge on any atom is -1.00 e. The molecule has 1 N–H and O–H groups in total. The van der Waals surface area contributed by atoms with Crippen molar-refractivity contribution in [2.45, 2.75) is 108 Å². The maximum absolute atomic E-state index is 11.4. The Bertz CT molecular complexity index is 432. The van der Waals surface area contributed by atoms with E-state index in [1.54, 1.807) is 0 Å². The van der Waals surface area contributed by atoms with Gasteiger partial charge in [-0.2, -0.15) is 8.42 Å². The Balaban J connectivity index is -0.00000288. The zero-order valence-electron chi connectivity index (χ0n) is 18.2. The number of rotatable bonds is 17. The Hall–Kier alpha value is 0.380. The van der Waals surface area contributed by atoms with Crippen LogP contribution in [0.5, 0.6) is 0 Å². The minimum absolute atomic E-state index is 0. The summed E-state index contributed by atoms with van der Waals surface area (Å²) in [5.74, 6) is -0.878. The fraction of sp³-hybridized carbons (Fsp3) is 0.947. The molecule has 0 aromatic rings. The molecule has 0 aliphatic heterocycles. The Morgan fingerprint density at radius 2 is 1.19 bits per heavy atom. The summed E-state index contributed by atoms with van der Waals surface area (Å²) in [7, 11) is -3.24. The van der Waals surface area contributed by atoms with Gasteiger partial charge in [-0.3, -0.25) is 9.35 Å². The molecule has 0 heterocycles. The fourth-order valence-corrected chi connectivity index (χ4v) is 3.85. The van der Waals surface area contributed by atoms with Crippen LogP contribution < -0.4 is 29.6 Å². The quantitative estimate of drug-likeness (QED) is 0.175. The van der Waals surface area contributed by atoms with Gasteiger partial charge in [0.05, 0.1) is 7.11 Å². The normalized spacial score (nSPS) is 12.4. The van der Waals surface area contributed by atoms with E-state index in [0.29, 0.717) is 6.42 Å². The number of carbonyl (C=O) groups excluding carboxylic acids is 1. The van der Waals surface area contributed by atoms with E-state index < -0.39 is 21.3 Å². The Morgan fingerprint density at radius 3 is 1.50 bits per heavy atom. The molecule has 0 aliphatic carbocycles. The third-order valence-electron chi connectivity index (χ3n) is 4.64. The van der Waals surface area contributed by atoms with Gasteiger partial charge in [-0.15, -0.1) is 0 Å². The van der Waals surface area contributed by atoms with Crippen LogP contribution in [0.25, 0.3) is 0 Å². The standard InChI is InChI=1S/C19H38O5S.Na.H/c1-3-4-5-6-7-8-9-10-11-12-13-14-15-16-17-18(19(20)24-2)25(21,22)23;;/h18H,3-17H2,1-2H3,(H,21,22,23);;/q;+1;-1. The number of methoxy groups -OCH3 is 1. The van der Waals surface area contributed by atoms with Crippen molar-refractivity contribution in [3.8, 4) is 0 Å². The molecule has 0 saturated heterocycles. The van der Waals surface area contributed by atoms with Crippen molar-refractivity contribution in [3.05, 3.63) is 0 Å². The summed E-state index contributed by atoms with van der Waals surface area (Å²) in [6.45, 7) is 2.24. The molecule has 1 atom stereocenters. The van der Waals surface area contributed by atoms with E-state index in [1.807, 2.05) is 0 Å². The summed E-state index contributed by atoms with van der Waals surface area (Å²) in [5.41, 5.74) is 0. The topological polar surface area (TPSA) is 80.7 Å². The van der Waals surface area contributed by atoms with Crippen molar-refractivity contribution in [3.63, 3.8) is 0 Å². The third-order valence-corrected chi connectivity index (χ3v) is 5.79. The van der Waals surface area contributed by atoms with E-state index in [4.69, 9.17) is 4.55 Å². The maximum atomic E-state index is 11.4. The zero-order valence-corrected chi connectivity index (χ0v) is 20.0. The van der Waals surface area contributed by atoms with Crippen molar-refractivity contribution in [2.75, 3.05) is 7.11 Å². The van der Waals surface area contributed by atoms with Gasteiger partial charge < -0.3 is 6.16 Å². The molecule has 0 aliphatic rings. The van der Waals surface area contributed by atoms with Crippen molar-refractivity contribution >= 4 is 16.1 Å². The number of carbonyl (C=O) groups is 1. The van der Waals surface area contributed by atoms with Crippen LogP contribution in [0.4, 0.5) is 0 Å². The summed E-state index contributed by atoms with van der Waals surface area (Å²) in [6.07, 6.45) is 17.1. The van der Waals surface area contributed by atoms with Gasteiger partial charge in [0.15, 0.2) is 5.25 Å². The summed E-state index contributed by atoms with van der Waals surface area (Å²) in [4.78, 5) is 11.4. The van der Waals surface area contributed by atoms with Crippen LogP contribution in [0.1, 0.15) is 105 Å². The first-order chi connectivity index (χ1) is 11.9. The number of ether oxygens (including phenoxy) is 1. The average Bonchev–Trinajstić information content (AvgIpc) is 2.56. The van der Waals surface area contributed by atoms with Crippen molar-refractivity contribution in [1.82, 2.24) is 0 Å². The molecular formula is C19H39NaO5S. The van der Waals surface area contributed by atoms with Gasteiger partial charge in [-0.1, -0.05) is 96.8 Å². The van der Waals surface area contributed by atoms with Crippen LogP contribution in [-0.4, -0.2) is 31.3 Å². The largest absolute Gasteiger partial charge is 1.00 e. The summed E-state index contributed by atoms with van der Waals surface area (Å²) < 4.78 is 35.8. The number of esters is 1. The van der Waals surface area contributed by atoms with Crippen LogP contribution in [0.15, 0.2) is 0 Å². The monoisotopic (exact) mass is 402 g/mol. The van der Waals surface area contributed by atoms with Crippen LogP contribution in [0.3, 0.4) is 0 Å². The molecule has 0 radical (unpaired) electrons. The van der Waals surface area contributed by atoms with Gasteiger partial charge in [0, 0.05) is 0 Å². The Labute approximate surface area is 184 Å². The second-order valence-corrected chi connectivity index (χ2v) is 8.51. The molecule has 26 heavy (non-hydrogen) atoms. The smallest absolute Gasteiger partial charge is 1.00 e. The van der Waals surface area contributed by atoms with Crippen LogP contribution in [0.2, 0.25) is 0 Å². The molecule has 0 fully saturated rings. The maximum Gasteiger partial charge on any atom is 1.00 e. The molecule has 0 spiro atoms. The predicted molar refractivity (Wildman–Crippen MR) is 103 cm³/mol. The number of hydrogen-bond donors (Lipinski definition) is 1. The second-order valence-electron chi connectivity index (χ2n) is 6.91. The predicted octanol–water partition coefficient (Wildman–Crippen LogP) is 2.40.